The van der Waals surface area contributed by atoms with E-state index in [1.54, 1.807) is 0 Å². The summed E-state index contributed by atoms with van der Waals surface area (Å²) < 4.78 is 0. The number of thiocarbonyl (C=S) groups is 1. The first-order chi connectivity index (χ1) is 11.7. The molecule has 1 heterocycles. The predicted octanol–water partition coefficient (Wildman–Crippen LogP) is 2.61. The summed E-state index contributed by atoms with van der Waals surface area (Å²) >= 11 is 5.56. The lowest BCUT2D eigenvalue weighted by atomic mass is 10.1. The van der Waals surface area contributed by atoms with Gasteiger partial charge in [-0.25, -0.2) is 0 Å². The van der Waals surface area contributed by atoms with E-state index in [2.05, 4.69) is 39.5 Å². The smallest absolute Gasteiger partial charge is 0.234 e. The molecule has 6 heteroatoms. The highest BCUT2D eigenvalue weighted by molar-refractivity contribution is 7.80. The largest absolute Gasteiger partial charge is 0.350 e. The fourth-order valence-corrected chi connectivity index (χ4v) is 3.13. The van der Waals surface area contributed by atoms with Gasteiger partial charge in [0.05, 0.1) is 6.54 Å². The second-order valence-corrected chi connectivity index (χ2v) is 8.10. The van der Waals surface area contributed by atoms with Crippen LogP contribution >= 0.6 is 12.2 Å². The minimum absolute atomic E-state index is 0.0845. The Labute approximate surface area is 156 Å². The molecule has 1 fully saturated rings. The third-order valence-electron chi connectivity index (χ3n) is 4.06. The Bertz CT molecular complexity index is 594. The summed E-state index contributed by atoms with van der Waals surface area (Å²) in [6, 6.07) is 8.23. The Balaban J connectivity index is 1.83. The van der Waals surface area contributed by atoms with E-state index < -0.39 is 0 Å². The first kappa shape index (κ1) is 19.7. The highest BCUT2D eigenvalue weighted by Gasteiger charge is 2.20. The van der Waals surface area contributed by atoms with Crippen molar-refractivity contribution in [2.45, 2.75) is 39.7 Å². The molecule has 138 valence electrons. The molecule has 0 aromatic heterocycles. The minimum atomic E-state index is -0.186. The maximum absolute atomic E-state index is 12.1. The summed E-state index contributed by atoms with van der Waals surface area (Å²) in [6.45, 7) is 12.0. The van der Waals surface area contributed by atoms with Gasteiger partial charge in [0.1, 0.15) is 0 Å². The van der Waals surface area contributed by atoms with Crippen molar-refractivity contribution < 1.29 is 4.79 Å². The zero-order chi connectivity index (χ0) is 18.4. The second-order valence-electron chi connectivity index (χ2n) is 7.71. The maximum atomic E-state index is 12.1. The fourth-order valence-electron chi connectivity index (χ4n) is 2.83. The number of anilines is 1. The van der Waals surface area contributed by atoms with Gasteiger partial charge in [-0.2, -0.15) is 0 Å². The van der Waals surface area contributed by atoms with Gasteiger partial charge in [0, 0.05) is 37.4 Å². The first-order valence-corrected chi connectivity index (χ1v) is 9.30. The van der Waals surface area contributed by atoms with Crippen LogP contribution in [0.25, 0.3) is 0 Å². The number of benzene rings is 1. The van der Waals surface area contributed by atoms with Gasteiger partial charge in [0.15, 0.2) is 5.11 Å². The second kappa shape index (κ2) is 8.63. The van der Waals surface area contributed by atoms with Crippen molar-refractivity contribution in [1.29, 1.82) is 0 Å². The van der Waals surface area contributed by atoms with E-state index in [-0.39, 0.29) is 11.4 Å². The number of carbonyl (C=O) groups excluding carboxylic acids is 1. The van der Waals surface area contributed by atoms with Crippen molar-refractivity contribution in [1.82, 2.24) is 15.1 Å². The quantitative estimate of drug-likeness (QED) is 0.810. The molecule has 1 aromatic rings. The number of nitrogens with zero attached hydrogens (tertiary/aromatic N) is 2. The van der Waals surface area contributed by atoms with Crippen molar-refractivity contribution >= 4 is 28.9 Å². The monoisotopic (exact) mass is 362 g/mol. The zero-order valence-corrected chi connectivity index (χ0v) is 16.6. The molecule has 1 amide bonds. The Morgan fingerprint density at radius 1 is 1.12 bits per heavy atom. The molecule has 0 atom stereocenters. The van der Waals surface area contributed by atoms with Crippen LogP contribution in [-0.4, -0.2) is 59.1 Å². The van der Waals surface area contributed by atoms with Crippen molar-refractivity contribution in [3.05, 3.63) is 29.8 Å². The number of hydrogen-bond acceptors (Lipinski definition) is 3. The number of carbonyl (C=O) groups is 1. The van der Waals surface area contributed by atoms with E-state index in [4.69, 9.17) is 12.2 Å². The average molecular weight is 363 g/mol. The molecular weight excluding hydrogens is 332 g/mol. The molecule has 2 N–H and O–H groups in total. The summed E-state index contributed by atoms with van der Waals surface area (Å²) in [6.07, 6.45) is 0.999. The number of amides is 1. The summed E-state index contributed by atoms with van der Waals surface area (Å²) in [5.41, 5.74) is 2.06. The van der Waals surface area contributed by atoms with E-state index in [9.17, 15) is 4.79 Å². The molecule has 1 aromatic carbocycles. The van der Waals surface area contributed by atoms with Crippen LogP contribution in [0.3, 0.4) is 0 Å². The van der Waals surface area contributed by atoms with E-state index in [0.717, 1.165) is 43.4 Å². The summed E-state index contributed by atoms with van der Waals surface area (Å²) in [7, 11) is 0. The normalized spacial score (nSPS) is 16.2. The minimum Gasteiger partial charge on any atom is -0.350 e. The topological polar surface area (TPSA) is 47.6 Å². The SMILES string of the molecule is Cc1ccc(NC(=S)N2CCCN(CC(=O)NC(C)(C)C)CC2)cc1. The molecule has 0 aliphatic carbocycles. The molecule has 2 rings (SSSR count). The molecule has 1 aliphatic rings. The van der Waals surface area contributed by atoms with Gasteiger partial charge in [0.2, 0.25) is 5.91 Å². The van der Waals surface area contributed by atoms with Gasteiger partial charge in [-0.05, 0) is 58.5 Å². The third kappa shape index (κ3) is 7.00. The van der Waals surface area contributed by atoms with Gasteiger partial charge in [-0.15, -0.1) is 0 Å². The van der Waals surface area contributed by atoms with Crippen LogP contribution in [0, 0.1) is 6.92 Å². The Morgan fingerprint density at radius 3 is 2.44 bits per heavy atom. The molecule has 0 saturated carbocycles. The number of nitrogens with one attached hydrogen (secondary N) is 2. The summed E-state index contributed by atoms with van der Waals surface area (Å²) in [5, 5.41) is 7.09. The van der Waals surface area contributed by atoms with E-state index in [1.807, 2.05) is 32.9 Å². The number of rotatable bonds is 3. The van der Waals surface area contributed by atoms with E-state index in [0.29, 0.717) is 6.54 Å². The van der Waals surface area contributed by atoms with Crippen LogP contribution in [-0.2, 0) is 4.79 Å². The molecular formula is C19H30N4OS. The summed E-state index contributed by atoms with van der Waals surface area (Å²) in [4.78, 5) is 16.5. The predicted molar refractivity (Wildman–Crippen MR) is 108 cm³/mol. The Hall–Kier alpha value is -1.66. The molecule has 0 unspecified atom stereocenters. The molecule has 5 nitrogen and oxygen atoms in total. The van der Waals surface area contributed by atoms with Gasteiger partial charge in [-0.1, -0.05) is 17.7 Å². The van der Waals surface area contributed by atoms with Gasteiger partial charge in [0.25, 0.3) is 0 Å². The van der Waals surface area contributed by atoms with Crippen LogP contribution in [0.5, 0.6) is 0 Å². The van der Waals surface area contributed by atoms with Gasteiger partial charge in [-0.3, -0.25) is 9.69 Å². The van der Waals surface area contributed by atoms with Crippen LogP contribution in [0.15, 0.2) is 24.3 Å². The Kier molecular flexibility index (Phi) is 6.79. The van der Waals surface area contributed by atoms with Gasteiger partial charge < -0.3 is 15.5 Å². The van der Waals surface area contributed by atoms with Crippen LogP contribution in [0.1, 0.15) is 32.8 Å². The molecule has 25 heavy (non-hydrogen) atoms. The molecule has 0 spiro atoms. The molecule has 0 radical (unpaired) electrons. The van der Waals surface area contributed by atoms with Crippen molar-refractivity contribution in [3.63, 3.8) is 0 Å². The molecule has 1 aliphatic heterocycles. The number of aryl methyl sites for hydroxylation is 1. The van der Waals surface area contributed by atoms with Crippen LogP contribution in [0.2, 0.25) is 0 Å². The first-order valence-electron chi connectivity index (χ1n) is 8.89. The lowest BCUT2D eigenvalue weighted by molar-refractivity contribution is -0.123. The molecule has 0 bridgehead atoms. The zero-order valence-electron chi connectivity index (χ0n) is 15.8. The van der Waals surface area contributed by atoms with E-state index >= 15 is 0 Å². The third-order valence-corrected chi connectivity index (χ3v) is 4.42. The van der Waals surface area contributed by atoms with Gasteiger partial charge >= 0.3 is 0 Å². The highest BCUT2D eigenvalue weighted by Crippen LogP contribution is 2.11. The van der Waals surface area contributed by atoms with Crippen LogP contribution < -0.4 is 10.6 Å². The highest BCUT2D eigenvalue weighted by atomic mass is 32.1. The standard InChI is InChI=1S/C19H30N4OS/c1-15-6-8-16(9-7-15)20-18(25)23-11-5-10-22(12-13-23)14-17(24)21-19(2,3)4/h6-9H,5,10-14H2,1-4H3,(H,20,25)(H,21,24). The van der Waals surface area contributed by atoms with Crippen molar-refractivity contribution in [2.75, 3.05) is 38.0 Å². The average Bonchev–Trinajstić information content (AvgIpc) is 2.73. The lowest BCUT2D eigenvalue weighted by Gasteiger charge is -2.26. The maximum Gasteiger partial charge on any atom is 0.234 e. The van der Waals surface area contributed by atoms with E-state index in [1.165, 1.54) is 5.56 Å². The van der Waals surface area contributed by atoms with Crippen molar-refractivity contribution in [2.24, 2.45) is 0 Å². The Morgan fingerprint density at radius 2 is 1.80 bits per heavy atom. The summed E-state index contributed by atoms with van der Waals surface area (Å²) in [5.74, 6) is 0.0845. The van der Waals surface area contributed by atoms with Crippen LogP contribution in [0.4, 0.5) is 5.69 Å². The lowest BCUT2D eigenvalue weighted by Crippen LogP contribution is -2.46. The number of hydrogen-bond donors (Lipinski definition) is 2. The molecule has 1 saturated heterocycles. The fraction of sp³-hybridized carbons (Fsp3) is 0.579. The van der Waals surface area contributed by atoms with Crippen molar-refractivity contribution in [3.8, 4) is 0 Å².